The molecule has 0 saturated carbocycles. The molecule has 0 aromatic heterocycles. The highest BCUT2D eigenvalue weighted by Crippen LogP contribution is 2.20. The Hall–Kier alpha value is -0.550. The number of sulfone groups is 1. The predicted octanol–water partition coefficient (Wildman–Crippen LogP) is 2.09. The molecule has 0 unspecified atom stereocenters. The first kappa shape index (κ1) is 11.5. The lowest BCUT2D eigenvalue weighted by atomic mass is 10.2. The molecule has 0 aliphatic carbocycles. The molecule has 0 spiro atoms. The first-order chi connectivity index (χ1) is 6.46. The van der Waals surface area contributed by atoms with E-state index >= 15 is 0 Å². The van der Waals surface area contributed by atoms with Crippen molar-refractivity contribution in [2.45, 2.75) is 10.6 Å². The van der Waals surface area contributed by atoms with Crippen LogP contribution in [0.1, 0.15) is 5.56 Å². The Kier molecular flexibility index (Phi) is 3.55. The quantitative estimate of drug-likeness (QED) is 0.803. The third-order valence-electron chi connectivity index (χ3n) is 1.74. The van der Waals surface area contributed by atoms with E-state index in [0.29, 0.717) is 11.3 Å². The van der Waals surface area contributed by atoms with E-state index in [0.717, 1.165) is 6.26 Å². The molecular formula is C9H11FO2S2. The second-order valence-corrected chi connectivity index (χ2v) is 5.78. The molecular weight excluding hydrogens is 223 g/mol. The normalized spacial score (nSPS) is 11.6. The van der Waals surface area contributed by atoms with E-state index in [1.54, 1.807) is 12.1 Å². The molecule has 2 nitrogen and oxygen atoms in total. The maximum absolute atomic E-state index is 13.6. The molecule has 0 radical (unpaired) electrons. The largest absolute Gasteiger partial charge is 0.224 e. The van der Waals surface area contributed by atoms with Crippen LogP contribution in [0.4, 0.5) is 4.39 Å². The van der Waals surface area contributed by atoms with Crippen molar-refractivity contribution < 1.29 is 12.8 Å². The van der Waals surface area contributed by atoms with Gasteiger partial charge >= 0.3 is 0 Å². The molecule has 0 atom stereocenters. The molecule has 14 heavy (non-hydrogen) atoms. The number of benzene rings is 1. The third kappa shape index (κ3) is 2.48. The number of thioether (sulfide) groups is 1. The summed E-state index contributed by atoms with van der Waals surface area (Å²) in [6, 6.07) is 4.44. The minimum Gasteiger partial charge on any atom is -0.224 e. The Balaban J connectivity index is 3.28. The van der Waals surface area contributed by atoms with Crippen molar-refractivity contribution >= 4 is 21.6 Å². The van der Waals surface area contributed by atoms with Gasteiger partial charge in [0.2, 0.25) is 0 Å². The van der Waals surface area contributed by atoms with Crippen molar-refractivity contribution in [2.75, 3.05) is 12.5 Å². The highest BCUT2D eigenvalue weighted by atomic mass is 32.2. The Morgan fingerprint density at radius 2 is 2.07 bits per heavy atom. The van der Waals surface area contributed by atoms with Crippen molar-refractivity contribution in [1.29, 1.82) is 0 Å². The van der Waals surface area contributed by atoms with Gasteiger partial charge in [0.1, 0.15) is 10.7 Å². The zero-order valence-corrected chi connectivity index (χ0v) is 9.58. The summed E-state index contributed by atoms with van der Waals surface area (Å²) in [5.74, 6) is -0.140. The van der Waals surface area contributed by atoms with E-state index in [2.05, 4.69) is 0 Å². The van der Waals surface area contributed by atoms with Crippen LogP contribution in [0.2, 0.25) is 0 Å². The molecule has 78 valence electrons. The molecule has 1 rings (SSSR count). The Morgan fingerprint density at radius 1 is 1.43 bits per heavy atom. The van der Waals surface area contributed by atoms with Gasteiger partial charge in [-0.15, -0.1) is 0 Å². The summed E-state index contributed by atoms with van der Waals surface area (Å²) in [4.78, 5) is -0.218. The van der Waals surface area contributed by atoms with Crippen LogP contribution in [0.5, 0.6) is 0 Å². The second kappa shape index (κ2) is 4.31. The van der Waals surface area contributed by atoms with Gasteiger partial charge in [-0.1, -0.05) is 12.1 Å². The Bertz CT molecular complexity index is 426. The monoisotopic (exact) mass is 234 g/mol. The molecule has 0 N–H and O–H groups in total. The molecule has 0 heterocycles. The number of hydrogen-bond donors (Lipinski definition) is 0. The van der Waals surface area contributed by atoms with Gasteiger partial charge < -0.3 is 0 Å². The van der Waals surface area contributed by atoms with E-state index in [4.69, 9.17) is 0 Å². The molecule has 1 aromatic carbocycles. The summed E-state index contributed by atoms with van der Waals surface area (Å²) in [6.45, 7) is 0. The first-order valence-corrected chi connectivity index (χ1v) is 7.21. The average Bonchev–Trinajstić information content (AvgIpc) is 2.07. The van der Waals surface area contributed by atoms with E-state index in [-0.39, 0.29) is 4.90 Å². The van der Waals surface area contributed by atoms with Gasteiger partial charge in [0, 0.05) is 12.0 Å². The zero-order chi connectivity index (χ0) is 10.8. The fourth-order valence-electron chi connectivity index (χ4n) is 1.11. The van der Waals surface area contributed by atoms with Crippen molar-refractivity contribution in [3.8, 4) is 0 Å². The maximum Gasteiger partial charge on any atom is 0.178 e. The summed E-state index contributed by atoms with van der Waals surface area (Å²) >= 11 is 1.45. The van der Waals surface area contributed by atoms with E-state index in [1.807, 2.05) is 6.26 Å². The zero-order valence-electron chi connectivity index (χ0n) is 7.95. The van der Waals surface area contributed by atoms with Gasteiger partial charge in [0.25, 0.3) is 0 Å². The van der Waals surface area contributed by atoms with Crippen molar-refractivity contribution in [2.24, 2.45) is 0 Å². The van der Waals surface area contributed by atoms with Gasteiger partial charge in [0.15, 0.2) is 9.84 Å². The van der Waals surface area contributed by atoms with E-state index < -0.39 is 15.7 Å². The molecule has 0 aliphatic heterocycles. The smallest absolute Gasteiger partial charge is 0.178 e. The molecule has 0 amide bonds. The van der Waals surface area contributed by atoms with Crippen LogP contribution >= 0.6 is 11.8 Å². The second-order valence-electron chi connectivity index (χ2n) is 2.93. The van der Waals surface area contributed by atoms with Crippen LogP contribution in [0.15, 0.2) is 23.1 Å². The van der Waals surface area contributed by atoms with Crippen molar-refractivity contribution in [1.82, 2.24) is 0 Å². The molecule has 0 bridgehead atoms. The van der Waals surface area contributed by atoms with Crippen molar-refractivity contribution in [3.63, 3.8) is 0 Å². The average molecular weight is 234 g/mol. The van der Waals surface area contributed by atoms with Crippen LogP contribution in [0.25, 0.3) is 0 Å². The number of halogens is 1. The Morgan fingerprint density at radius 3 is 2.57 bits per heavy atom. The van der Waals surface area contributed by atoms with E-state index in [9.17, 15) is 12.8 Å². The fraction of sp³-hybridized carbons (Fsp3) is 0.333. The van der Waals surface area contributed by atoms with Gasteiger partial charge in [-0.25, -0.2) is 12.8 Å². The van der Waals surface area contributed by atoms with Gasteiger partial charge in [-0.3, -0.25) is 0 Å². The lowest BCUT2D eigenvalue weighted by Crippen LogP contribution is -2.02. The van der Waals surface area contributed by atoms with Crippen LogP contribution < -0.4 is 0 Å². The minimum atomic E-state index is -3.46. The summed E-state index contributed by atoms with van der Waals surface area (Å²) in [5.41, 5.74) is 0.431. The number of hydrogen-bond acceptors (Lipinski definition) is 3. The lowest BCUT2D eigenvalue weighted by Gasteiger charge is -2.05. The number of rotatable bonds is 3. The molecule has 0 fully saturated rings. The third-order valence-corrected chi connectivity index (χ3v) is 3.46. The first-order valence-electron chi connectivity index (χ1n) is 3.93. The maximum atomic E-state index is 13.6. The van der Waals surface area contributed by atoms with Crippen molar-refractivity contribution in [3.05, 3.63) is 29.6 Å². The fourth-order valence-corrected chi connectivity index (χ4v) is 2.43. The molecule has 1 aromatic rings. The summed E-state index contributed by atoms with van der Waals surface area (Å²) in [7, 11) is -3.46. The van der Waals surface area contributed by atoms with Crippen LogP contribution in [-0.2, 0) is 15.6 Å². The molecule has 0 aliphatic rings. The van der Waals surface area contributed by atoms with Crippen LogP contribution in [0.3, 0.4) is 0 Å². The van der Waals surface area contributed by atoms with Gasteiger partial charge in [0.05, 0.1) is 0 Å². The summed E-state index contributed by atoms with van der Waals surface area (Å²) < 4.78 is 35.9. The van der Waals surface area contributed by atoms with Gasteiger partial charge in [-0.2, -0.15) is 11.8 Å². The minimum absolute atomic E-state index is 0.218. The standard InChI is InChI=1S/C9H11FO2S2/c1-13-6-7-4-3-5-8(9(7)10)14(2,11)12/h3-5H,6H2,1-2H3. The van der Waals surface area contributed by atoms with Crippen LogP contribution in [-0.4, -0.2) is 20.9 Å². The highest BCUT2D eigenvalue weighted by molar-refractivity contribution is 7.97. The topological polar surface area (TPSA) is 34.1 Å². The SMILES string of the molecule is CSCc1cccc(S(C)(=O)=O)c1F. The Labute approximate surface area is 87.4 Å². The molecule has 0 saturated heterocycles. The van der Waals surface area contributed by atoms with E-state index in [1.165, 1.54) is 17.8 Å². The summed E-state index contributed by atoms with van der Waals surface area (Å²) in [6.07, 6.45) is 2.85. The molecule has 5 heteroatoms. The predicted molar refractivity (Wildman–Crippen MR) is 56.7 cm³/mol. The summed E-state index contributed by atoms with van der Waals surface area (Å²) in [5, 5.41) is 0. The van der Waals surface area contributed by atoms with Gasteiger partial charge in [-0.05, 0) is 17.9 Å². The highest BCUT2D eigenvalue weighted by Gasteiger charge is 2.15. The lowest BCUT2D eigenvalue weighted by molar-refractivity contribution is 0.565. The van der Waals surface area contributed by atoms with Crippen LogP contribution in [0, 0.1) is 5.82 Å².